The van der Waals surface area contributed by atoms with Gasteiger partial charge in [0.1, 0.15) is 23.4 Å². The molecule has 0 spiro atoms. The van der Waals surface area contributed by atoms with Crippen molar-refractivity contribution in [3.8, 4) is 17.0 Å². The second-order valence-corrected chi connectivity index (χ2v) is 14.4. The number of carbonyl (C=O) groups is 1. The summed E-state index contributed by atoms with van der Waals surface area (Å²) in [6, 6.07) is 14.2. The molecule has 244 valence electrons. The lowest BCUT2D eigenvalue weighted by Gasteiger charge is -2.37. The highest BCUT2D eigenvalue weighted by atomic mass is 79.9. The Morgan fingerprint density at radius 1 is 1.07 bits per heavy atom. The number of ether oxygens (including phenoxy) is 2. The first kappa shape index (κ1) is 32.2. The largest absolute Gasteiger partial charge is 0.508 e. The molecule has 1 saturated heterocycles. The number of hydrogen-bond acceptors (Lipinski definition) is 7. The third-order valence-electron chi connectivity index (χ3n) is 8.77. The number of piperidine rings is 1. The number of aryl methyl sites for hydroxylation is 2. The zero-order valence-electron chi connectivity index (χ0n) is 27.2. The first-order valence-corrected chi connectivity index (χ1v) is 17.0. The molecule has 1 aromatic heterocycles. The van der Waals surface area contributed by atoms with E-state index < -0.39 is 5.60 Å². The van der Waals surface area contributed by atoms with Crippen molar-refractivity contribution in [1.82, 2.24) is 24.5 Å². The molecule has 2 aromatic carbocycles. The fourth-order valence-electron chi connectivity index (χ4n) is 6.54. The molecule has 0 bridgehead atoms. The molecule has 0 radical (unpaired) electrons. The van der Waals surface area contributed by atoms with E-state index in [2.05, 4.69) is 48.7 Å². The van der Waals surface area contributed by atoms with Crippen molar-refractivity contribution in [2.24, 2.45) is 0 Å². The highest BCUT2D eigenvalue weighted by molar-refractivity contribution is 9.10. The first-order chi connectivity index (χ1) is 22.0. The minimum Gasteiger partial charge on any atom is -0.508 e. The number of hydrogen-bond donors (Lipinski definition) is 1. The molecule has 0 unspecified atom stereocenters. The molecule has 3 aliphatic heterocycles. The van der Waals surface area contributed by atoms with Gasteiger partial charge in [-0.1, -0.05) is 28.1 Å². The van der Waals surface area contributed by atoms with Crippen LogP contribution in [0.1, 0.15) is 62.4 Å². The summed E-state index contributed by atoms with van der Waals surface area (Å²) < 4.78 is 14.7. The molecule has 3 aliphatic rings. The van der Waals surface area contributed by atoms with E-state index in [1.165, 1.54) is 5.69 Å². The predicted octanol–water partition coefficient (Wildman–Crippen LogP) is 7.28. The van der Waals surface area contributed by atoms with Crippen LogP contribution in [0.2, 0.25) is 0 Å². The summed E-state index contributed by atoms with van der Waals surface area (Å²) in [4.78, 5) is 19.6. The Morgan fingerprint density at radius 2 is 1.83 bits per heavy atom. The van der Waals surface area contributed by atoms with Gasteiger partial charge in [0.25, 0.3) is 0 Å². The zero-order valence-corrected chi connectivity index (χ0v) is 28.8. The van der Waals surface area contributed by atoms with Gasteiger partial charge in [-0.05, 0) is 89.4 Å². The molecule has 0 aliphatic carbocycles. The molecule has 1 fully saturated rings. The molecular formula is C36H44BrN5O4. The second kappa shape index (κ2) is 13.5. The summed E-state index contributed by atoms with van der Waals surface area (Å²) >= 11 is 3.55. The summed E-state index contributed by atoms with van der Waals surface area (Å²) in [5.41, 5.74) is 5.69. The molecule has 10 heteroatoms. The number of benzene rings is 2. The zero-order chi connectivity index (χ0) is 32.4. The van der Waals surface area contributed by atoms with Gasteiger partial charge in [0.15, 0.2) is 0 Å². The Labute approximate surface area is 280 Å². The van der Waals surface area contributed by atoms with Gasteiger partial charge in [0.2, 0.25) is 0 Å². The summed E-state index contributed by atoms with van der Waals surface area (Å²) in [6.45, 7) is 12.7. The summed E-state index contributed by atoms with van der Waals surface area (Å²) in [7, 11) is 0. The number of rotatable bonds is 7. The van der Waals surface area contributed by atoms with Crippen LogP contribution in [-0.4, -0.2) is 73.5 Å². The minimum atomic E-state index is -0.532. The number of likely N-dealkylation sites (tertiary alicyclic amines) is 1. The minimum absolute atomic E-state index is 0.247. The van der Waals surface area contributed by atoms with Gasteiger partial charge in [-0.2, -0.15) is 5.10 Å². The van der Waals surface area contributed by atoms with E-state index in [0.717, 1.165) is 90.0 Å². The number of nitrogens with zero attached hydrogens (tertiary/aromatic N) is 5. The number of phenols is 1. The van der Waals surface area contributed by atoms with Gasteiger partial charge in [0.05, 0.1) is 12.2 Å². The molecule has 4 heterocycles. The van der Waals surface area contributed by atoms with Crippen LogP contribution in [-0.2, 0) is 29.0 Å². The molecule has 46 heavy (non-hydrogen) atoms. The van der Waals surface area contributed by atoms with Crippen molar-refractivity contribution in [3.63, 3.8) is 0 Å². The molecule has 0 atom stereocenters. The Bertz CT molecular complexity index is 1600. The van der Waals surface area contributed by atoms with Crippen LogP contribution < -0.4 is 0 Å². The third kappa shape index (κ3) is 7.61. The number of fused-ring (bicyclic) bond motifs is 1. The smallest absolute Gasteiger partial charge is 0.410 e. The van der Waals surface area contributed by atoms with E-state index in [-0.39, 0.29) is 11.8 Å². The number of aromatic nitrogens is 2. The molecule has 0 saturated carbocycles. The van der Waals surface area contributed by atoms with Crippen molar-refractivity contribution in [1.29, 1.82) is 0 Å². The molecule has 3 aromatic rings. The average molecular weight is 691 g/mol. The van der Waals surface area contributed by atoms with Gasteiger partial charge in [0, 0.05) is 77.9 Å². The van der Waals surface area contributed by atoms with E-state index in [0.29, 0.717) is 19.1 Å². The number of carbonyl (C=O) groups excluding carboxylic acids is 1. The second-order valence-electron chi connectivity index (χ2n) is 13.5. The monoisotopic (exact) mass is 689 g/mol. The lowest BCUT2D eigenvalue weighted by atomic mass is 10.0. The summed E-state index contributed by atoms with van der Waals surface area (Å²) in [5.74, 6) is 1.00. The average Bonchev–Trinajstić information content (AvgIpc) is 3.38. The lowest BCUT2D eigenvalue weighted by molar-refractivity contribution is 0.0222. The van der Waals surface area contributed by atoms with E-state index in [1.54, 1.807) is 23.3 Å². The Balaban J connectivity index is 1.07. The van der Waals surface area contributed by atoms with Crippen LogP contribution in [0, 0.1) is 6.92 Å². The van der Waals surface area contributed by atoms with Crippen LogP contribution >= 0.6 is 15.9 Å². The maximum Gasteiger partial charge on any atom is 0.410 e. The molecular weight excluding hydrogens is 646 g/mol. The van der Waals surface area contributed by atoms with E-state index in [4.69, 9.17) is 14.6 Å². The van der Waals surface area contributed by atoms with Gasteiger partial charge in [-0.25, -0.2) is 4.79 Å². The number of amides is 1. The van der Waals surface area contributed by atoms with Crippen LogP contribution in [0.3, 0.4) is 0 Å². The maximum absolute atomic E-state index is 12.9. The molecule has 1 amide bonds. The SMILES string of the molecule is Cc1cc(O)cc(C2=CN(C3CCN(CCCn4nc(-c5ccc(Br)cc5)c5c4CCN(C(=O)OC(C)(C)C)C5)CC3)C=CO2)c1. The van der Waals surface area contributed by atoms with Crippen molar-refractivity contribution < 1.29 is 19.4 Å². The normalized spacial score (nSPS) is 17.5. The molecule has 9 nitrogen and oxygen atoms in total. The predicted molar refractivity (Wildman–Crippen MR) is 183 cm³/mol. The van der Waals surface area contributed by atoms with Crippen molar-refractivity contribution in [2.75, 3.05) is 26.2 Å². The Hall–Kier alpha value is -3.76. The summed E-state index contributed by atoms with van der Waals surface area (Å²) in [5, 5.41) is 15.2. The standard InChI is InChI=1S/C36H44BrN5O4/c1-25-20-27(22-30(43)21-25)33-24-40(18-19-45-33)29-10-15-39(16-11-29)13-5-14-42-32-12-17-41(35(44)46-36(2,3)4)23-31(32)34(38-42)26-6-8-28(37)9-7-26/h6-9,18-22,24,29,43H,5,10-17,23H2,1-4H3. The highest BCUT2D eigenvalue weighted by Crippen LogP contribution is 2.32. The van der Waals surface area contributed by atoms with Crippen LogP contribution in [0.15, 0.2) is 65.6 Å². The van der Waals surface area contributed by atoms with E-state index in [9.17, 15) is 9.90 Å². The number of halogens is 1. The molecule has 1 N–H and O–H groups in total. The van der Waals surface area contributed by atoms with Crippen LogP contribution in [0.5, 0.6) is 5.75 Å². The van der Waals surface area contributed by atoms with Crippen molar-refractivity contribution in [3.05, 3.63) is 88.0 Å². The van der Waals surface area contributed by atoms with Crippen molar-refractivity contribution >= 4 is 27.8 Å². The third-order valence-corrected chi connectivity index (χ3v) is 9.30. The fourth-order valence-corrected chi connectivity index (χ4v) is 6.80. The number of aromatic hydroxyl groups is 1. The van der Waals surface area contributed by atoms with E-state index in [1.807, 2.05) is 52.1 Å². The van der Waals surface area contributed by atoms with Crippen LogP contribution in [0.4, 0.5) is 4.79 Å². The van der Waals surface area contributed by atoms with E-state index >= 15 is 0 Å². The topological polar surface area (TPSA) is 83.3 Å². The van der Waals surface area contributed by atoms with Crippen molar-refractivity contribution in [2.45, 2.75) is 78.1 Å². The highest BCUT2D eigenvalue weighted by Gasteiger charge is 2.31. The van der Waals surface area contributed by atoms with Gasteiger partial charge >= 0.3 is 6.09 Å². The van der Waals surface area contributed by atoms with Crippen LogP contribution in [0.25, 0.3) is 17.0 Å². The summed E-state index contributed by atoms with van der Waals surface area (Å²) in [6.07, 6.45) is 9.43. The lowest BCUT2D eigenvalue weighted by Crippen LogP contribution is -2.42. The number of phenolic OH excluding ortho intramolecular Hbond substituents is 1. The maximum atomic E-state index is 12.9. The van der Waals surface area contributed by atoms with Gasteiger partial charge < -0.3 is 29.3 Å². The van der Waals surface area contributed by atoms with Gasteiger partial charge in [-0.3, -0.25) is 4.68 Å². The first-order valence-electron chi connectivity index (χ1n) is 16.2. The Morgan fingerprint density at radius 3 is 2.54 bits per heavy atom. The quantitative estimate of drug-likeness (QED) is 0.279. The fraction of sp³-hybridized carbons (Fsp3) is 0.444. The Kier molecular flexibility index (Phi) is 9.47. The molecule has 6 rings (SSSR count). The van der Waals surface area contributed by atoms with Gasteiger partial charge in [-0.15, -0.1) is 0 Å².